The monoisotopic (exact) mass is 549 g/mol. The topological polar surface area (TPSA) is 118 Å². The summed E-state index contributed by atoms with van der Waals surface area (Å²) in [5, 5.41) is 9.60. The van der Waals surface area contributed by atoms with Gasteiger partial charge in [0.15, 0.2) is 6.61 Å². The molecule has 192 valence electrons. The minimum absolute atomic E-state index is 0.0215. The zero-order valence-corrected chi connectivity index (χ0v) is 21.7. The third-order valence-electron chi connectivity index (χ3n) is 4.66. The average molecular weight is 551 g/mol. The Kier molecular flexibility index (Phi) is 10.3. The van der Waals surface area contributed by atoms with Crippen LogP contribution in [0.5, 0.6) is 0 Å². The number of piperidine rings is 1. The predicted octanol–water partition coefficient (Wildman–Crippen LogP) is 4.72. The number of amides is 2. The molecule has 1 fully saturated rings. The first-order valence-corrected chi connectivity index (χ1v) is 11.7. The lowest BCUT2D eigenvalue weighted by Crippen LogP contribution is -2.58. The summed E-state index contributed by atoms with van der Waals surface area (Å²) in [5.41, 5.74) is -0.111. The summed E-state index contributed by atoms with van der Waals surface area (Å²) in [5.74, 6) is -0.767. The zero-order chi connectivity index (χ0) is 26.2. The molecule has 1 heterocycles. The maximum absolute atomic E-state index is 12.9. The van der Waals surface area contributed by atoms with Gasteiger partial charge >= 0.3 is 22.1 Å². The van der Waals surface area contributed by atoms with E-state index >= 15 is 0 Å². The van der Waals surface area contributed by atoms with Crippen LogP contribution in [-0.2, 0) is 30.4 Å². The fourth-order valence-corrected chi connectivity index (χ4v) is 3.48. The van der Waals surface area contributed by atoms with Gasteiger partial charge in [0.1, 0.15) is 24.3 Å². The molecule has 0 saturated carbocycles. The maximum Gasteiger partial charge on any atom is 0.437 e. The molecule has 2 rings (SSSR count). The Balaban J connectivity index is 2.28. The highest BCUT2D eigenvalue weighted by Gasteiger charge is 2.43. The van der Waals surface area contributed by atoms with Gasteiger partial charge in [0.25, 0.3) is 0 Å². The molecule has 0 bridgehead atoms. The van der Waals surface area contributed by atoms with Crippen molar-refractivity contribution in [3.8, 4) is 6.07 Å². The summed E-state index contributed by atoms with van der Waals surface area (Å²) in [7, 11) is 0. The number of carbonyl (C=O) groups is 3. The number of hydroxylamine groups is 2. The summed E-state index contributed by atoms with van der Waals surface area (Å²) in [6.07, 6.45) is -1.62. The lowest BCUT2D eigenvalue weighted by Gasteiger charge is -2.41. The van der Waals surface area contributed by atoms with Gasteiger partial charge in [-0.3, -0.25) is 9.74 Å². The molecule has 35 heavy (non-hydrogen) atoms. The Hall–Kier alpha value is -2.45. The van der Waals surface area contributed by atoms with Crippen LogP contribution in [0, 0.1) is 11.3 Å². The molecule has 0 aliphatic carbocycles. The normalized spacial score (nSPS) is 18.3. The second kappa shape index (κ2) is 12.5. The fourth-order valence-electron chi connectivity index (χ4n) is 3.28. The van der Waals surface area contributed by atoms with Gasteiger partial charge in [-0.25, -0.2) is 14.4 Å². The third-order valence-corrected chi connectivity index (χ3v) is 4.90. The van der Waals surface area contributed by atoms with E-state index in [0.717, 1.165) is 15.5 Å². The Labute approximate surface area is 218 Å². The van der Waals surface area contributed by atoms with Gasteiger partial charge in [-0.15, -0.1) is 0 Å². The molecule has 1 saturated heterocycles. The van der Waals surface area contributed by atoms with E-state index in [0.29, 0.717) is 0 Å². The van der Waals surface area contributed by atoms with Crippen LogP contribution in [0.15, 0.2) is 30.3 Å². The number of rotatable bonds is 6. The summed E-state index contributed by atoms with van der Waals surface area (Å²) < 4.78 is 12.8. The van der Waals surface area contributed by atoms with E-state index in [-0.39, 0.29) is 26.0 Å². The first-order valence-electron chi connectivity index (χ1n) is 10.6. The van der Waals surface area contributed by atoms with E-state index in [9.17, 15) is 14.4 Å². The van der Waals surface area contributed by atoms with Crippen LogP contribution >= 0.6 is 34.8 Å². The van der Waals surface area contributed by atoms with Crippen molar-refractivity contribution in [1.29, 1.82) is 5.26 Å². The number of esters is 1. The number of hydrogen-bond donors (Lipinski definition) is 0. The molecule has 0 aromatic heterocycles. The number of ether oxygens (including phenoxy) is 3. The Bertz CT molecular complexity index is 929. The summed E-state index contributed by atoms with van der Waals surface area (Å²) >= 11 is 16.9. The molecule has 10 nitrogen and oxygen atoms in total. The summed E-state index contributed by atoms with van der Waals surface area (Å²) in [4.78, 5) is 45.1. The van der Waals surface area contributed by atoms with Crippen LogP contribution in [0.1, 0.15) is 39.2 Å². The van der Waals surface area contributed by atoms with E-state index < -0.39 is 46.4 Å². The molecule has 0 spiro atoms. The summed E-state index contributed by atoms with van der Waals surface area (Å²) in [6, 6.07) is 8.88. The number of nitrogens with zero attached hydrogens (tertiary/aromatic N) is 3. The highest BCUT2D eigenvalue weighted by atomic mass is 35.6. The van der Waals surface area contributed by atoms with Gasteiger partial charge in [0.05, 0.1) is 6.04 Å². The molecule has 1 aliphatic heterocycles. The molecule has 2 amide bonds. The number of alkyl halides is 3. The maximum atomic E-state index is 12.9. The smallest absolute Gasteiger partial charge is 0.437 e. The number of carbonyl (C=O) groups excluding carboxylic acids is 3. The Morgan fingerprint density at radius 1 is 1.11 bits per heavy atom. The molecule has 1 aromatic carbocycles. The first kappa shape index (κ1) is 28.8. The molecular formula is C22H26Cl3N3O7. The molecule has 13 heteroatoms. The van der Waals surface area contributed by atoms with E-state index in [1.165, 1.54) is 0 Å². The molecule has 1 aromatic rings. The van der Waals surface area contributed by atoms with Crippen LogP contribution in [0.2, 0.25) is 0 Å². The lowest BCUT2D eigenvalue weighted by molar-refractivity contribution is -0.185. The van der Waals surface area contributed by atoms with Crippen molar-refractivity contribution in [3.05, 3.63) is 35.9 Å². The highest BCUT2D eigenvalue weighted by Crippen LogP contribution is 2.31. The van der Waals surface area contributed by atoms with Crippen LogP contribution < -0.4 is 0 Å². The minimum atomic E-state index is -2.35. The highest BCUT2D eigenvalue weighted by molar-refractivity contribution is 6.66. The standard InChI is InChI=1S/C22H26Cl3N3O7/c1-21(2,3)34-19(30)27-13-16(9-10-17(27)18(29)32-12-11-26)28(20(31)35-22(23,24)25)33-14-15-7-5-4-6-8-15/h4-8,16-17H,9-10,12-14H2,1-3H3/t16-,17+/m1/s1. The van der Waals surface area contributed by atoms with Crippen LogP contribution in [0.25, 0.3) is 0 Å². The first-order chi connectivity index (χ1) is 16.3. The average Bonchev–Trinajstić information content (AvgIpc) is 2.76. The van der Waals surface area contributed by atoms with Crippen LogP contribution in [0.4, 0.5) is 9.59 Å². The summed E-state index contributed by atoms with van der Waals surface area (Å²) in [6.45, 7) is 4.34. The van der Waals surface area contributed by atoms with Gasteiger partial charge in [-0.2, -0.15) is 10.3 Å². The quantitative estimate of drug-likeness (QED) is 0.216. The zero-order valence-electron chi connectivity index (χ0n) is 19.4. The van der Waals surface area contributed by atoms with Gasteiger partial charge in [-0.1, -0.05) is 30.3 Å². The minimum Gasteiger partial charge on any atom is -0.449 e. The fraction of sp³-hybridized carbons (Fsp3) is 0.545. The largest absolute Gasteiger partial charge is 0.449 e. The molecule has 0 N–H and O–H groups in total. The van der Waals surface area contributed by atoms with Crippen molar-refractivity contribution in [1.82, 2.24) is 9.96 Å². The second-order valence-corrected chi connectivity index (χ2v) is 10.7. The van der Waals surface area contributed by atoms with Gasteiger partial charge < -0.3 is 14.2 Å². The Morgan fingerprint density at radius 3 is 2.34 bits per heavy atom. The van der Waals surface area contributed by atoms with Crippen LogP contribution in [0.3, 0.4) is 0 Å². The number of nitriles is 1. The van der Waals surface area contributed by atoms with Crippen molar-refractivity contribution >= 4 is 53.0 Å². The number of benzene rings is 1. The van der Waals surface area contributed by atoms with Crippen molar-refractivity contribution in [2.75, 3.05) is 13.2 Å². The van der Waals surface area contributed by atoms with Gasteiger partial charge in [-0.05, 0) is 74.0 Å². The SMILES string of the molecule is CC(C)(C)OC(=O)N1C[C@H](N(OCc2ccccc2)C(=O)OC(Cl)(Cl)Cl)CC[C@H]1C(=O)OCC#N. The van der Waals surface area contributed by atoms with Crippen molar-refractivity contribution in [3.63, 3.8) is 0 Å². The molecule has 0 unspecified atom stereocenters. The molecule has 0 radical (unpaired) electrons. The second-order valence-electron chi connectivity index (χ2n) is 8.54. The van der Waals surface area contributed by atoms with E-state index in [2.05, 4.69) is 0 Å². The Morgan fingerprint density at radius 2 is 1.77 bits per heavy atom. The predicted molar refractivity (Wildman–Crippen MR) is 126 cm³/mol. The third kappa shape index (κ3) is 9.61. The number of halogens is 3. The number of hydrogen-bond acceptors (Lipinski definition) is 8. The van der Waals surface area contributed by atoms with Crippen molar-refractivity contribution in [2.45, 2.75) is 61.9 Å². The number of likely N-dealkylation sites (tertiary alicyclic amines) is 1. The lowest BCUT2D eigenvalue weighted by atomic mass is 9.98. The van der Waals surface area contributed by atoms with Crippen LogP contribution in [-0.4, -0.2) is 62.9 Å². The van der Waals surface area contributed by atoms with Crippen molar-refractivity contribution < 1.29 is 33.4 Å². The molecule has 1 aliphatic rings. The molecular weight excluding hydrogens is 525 g/mol. The van der Waals surface area contributed by atoms with E-state index in [1.54, 1.807) is 51.1 Å². The van der Waals surface area contributed by atoms with E-state index in [1.807, 2.05) is 6.07 Å². The van der Waals surface area contributed by atoms with E-state index in [4.69, 9.17) is 59.1 Å². The molecule has 2 atom stereocenters. The van der Waals surface area contributed by atoms with Crippen molar-refractivity contribution in [2.24, 2.45) is 0 Å². The van der Waals surface area contributed by atoms with Gasteiger partial charge in [0.2, 0.25) is 0 Å². The van der Waals surface area contributed by atoms with Gasteiger partial charge in [0, 0.05) is 6.54 Å².